The van der Waals surface area contributed by atoms with Gasteiger partial charge in [0.1, 0.15) is 0 Å². The number of unbranched alkanes of at least 4 members (excludes halogenated alkanes) is 2. The molecule has 18 heavy (non-hydrogen) atoms. The van der Waals surface area contributed by atoms with E-state index in [2.05, 4.69) is 24.4 Å². The van der Waals surface area contributed by atoms with Gasteiger partial charge < -0.3 is 10.1 Å². The number of para-hydroxylation sites is 1. The van der Waals surface area contributed by atoms with Crippen molar-refractivity contribution in [2.24, 2.45) is 5.92 Å². The zero-order valence-corrected chi connectivity index (χ0v) is 10.9. The first-order chi connectivity index (χ1) is 8.81. The highest BCUT2D eigenvalue weighted by atomic mass is 16.5. The van der Waals surface area contributed by atoms with E-state index in [0.717, 1.165) is 31.4 Å². The summed E-state index contributed by atoms with van der Waals surface area (Å²) >= 11 is 0. The minimum atomic E-state index is -0.0619. The van der Waals surface area contributed by atoms with E-state index in [0.29, 0.717) is 13.2 Å². The van der Waals surface area contributed by atoms with Crippen LogP contribution in [-0.2, 0) is 16.0 Å². The monoisotopic (exact) mass is 247 g/mol. The molecular weight excluding hydrogens is 226 g/mol. The number of nitrogens with one attached hydrogen (secondary N) is 1. The summed E-state index contributed by atoms with van der Waals surface area (Å²) in [4.78, 5) is 11.9. The van der Waals surface area contributed by atoms with Crippen LogP contribution in [0, 0.1) is 5.92 Å². The fraction of sp³-hybridized carbons (Fsp3) is 0.533. The third kappa shape index (κ3) is 3.25. The minimum absolute atomic E-state index is 0.0403. The molecule has 0 fully saturated rings. The molecule has 0 spiro atoms. The SMILES string of the molecule is CCCCCOC(=O)C1CNc2ccccc2C1. The number of hydrogen-bond acceptors (Lipinski definition) is 3. The second-order valence-corrected chi connectivity index (χ2v) is 4.81. The maximum atomic E-state index is 11.9. The second-order valence-electron chi connectivity index (χ2n) is 4.81. The highest BCUT2D eigenvalue weighted by Gasteiger charge is 2.25. The summed E-state index contributed by atoms with van der Waals surface area (Å²) in [5.41, 5.74) is 2.35. The molecule has 1 atom stereocenters. The van der Waals surface area contributed by atoms with Gasteiger partial charge in [-0.25, -0.2) is 0 Å². The van der Waals surface area contributed by atoms with Crippen LogP contribution >= 0.6 is 0 Å². The molecule has 0 amide bonds. The van der Waals surface area contributed by atoms with Gasteiger partial charge in [0.05, 0.1) is 12.5 Å². The molecular formula is C15H21NO2. The molecule has 1 N–H and O–H groups in total. The Morgan fingerprint density at radius 3 is 3.06 bits per heavy atom. The van der Waals surface area contributed by atoms with Gasteiger partial charge >= 0.3 is 5.97 Å². The maximum Gasteiger partial charge on any atom is 0.311 e. The lowest BCUT2D eigenvalue weighted by Gasteiger charge is -2.24. The van der Waals surface area contributed by atoms with Crippen molar-refractivity contribution in [3.8, 4) is 0 Å². The highest BCUT2D eigenvalue weighted by molar-refractivity contribution is 5.75. The van der Waals surface area contributed by atoms with Gasteiger partial charge in [0, 0.05) is 12.2 Å². The van der Waals surface area contributed by atoms with E-state index in [1.54, 1.807) is 0 Å². The first-order valence-electron chi connectivity index (χ1n) is 6.79. The van der Waals surface area contributed by atoms with Crippen LogP contribution in [0.25, 0.3) is 0 Å². The lowest BCUT2D eigenvalue weighted by Crippen LogP contribution is -2.31. The zero-order valence-electron chi connectivity index (χ0n) is 10.9. The summed E-state index contributed by atoms with van der Waals surface area (Å²) in [5.74, 6) is -0.102. The summed E-state index contributed by atoms with van der Waals surface area (Å²) in [6.07, 6.45) is 4.03. The van der Waals surface area contributed by atoms with Gasteiger partial charge in [-0.15, -0.1) is 0 Å². The largest absolute Gasteiger partial charge is 0.465 e. The second kappa shape index (κ2) is 6.43. The number of carbonyl (C=O) groups excluding carboxylic acids is 1. The molecule has 3 nitrogen and oxygen atoms in total. The number of carbonyl (C=O) groups is 1. The topological polar surface area (TPSA) is 38.3 Å². The predicted molar refractivity (Wildman–Crippen MR) is 72.6 cm³/mol. The van der Waals surface area contributed by atoms with Crippen molar-refractivity contribution in [3.05, 3.63) is 29.8 Å². The van der Waals surface area contributed by atoms with Crippen LogP contribution in [0.3, 0.4) is 0 Å². The number of fused-ring (bicyclic) bond motifs is 1. The van der Waals surface area contributed by atoms with E-state index in [1.807, 2.05) is 12.1 Å². The quantitative estimate of drug-likeness (QED) is 0.642. The van der Waals surface area contributed by atoms with Crippen molar-refractivity contribution in [2.45, 2.75) is 32.6 Å². The molecule has 0 radical (unpaired) electrons. The molecule has 2 rings (SSSR count). The Labute approximate surface area is 109 Å². The van der Waals surface area contributed by atoms with E-state index >= 15 is 0 Å². The predicted octanol–water partition coefficient (Wildman–Crippen LogP) is 3.00. The molecule has 0 bridgehead atoms. The van der Waals surface area contributed by atoms with Crippen LogP contribution in [0.4, 0.5) is 5.69 Å². The van der Waals surface area contributed by atoms with Crippen molar-refractivity contribution >= 4 is 11.7 Å². The molecule has 3 heteroatoms. The van der Waals surface area contributed by atoms with E-state index in [-0.39, 0.29) is 11.9 Å². The smallest absolute Gasteiger partial charge is 0.311 e. The Morgan fingerprint density at radius 1 is 1.39 bits per heavy atom. The van der Waals surface area contributed by atoms with Crippen molar-refractivity contribution < 1.29 is 9.53 Å². The minimum Gasteiger partial charge on any atom is -0.465 e. The van der Waals surface area contributed by atoms with Crippen LogP contribution in [0.1, 0.15) is 31.7 Å². The van der Waals surface area contributed by atoms with Crippen molar-refractivity contribution in [3.63, 3.8) is 0 Å². The Morgan fingerprint density at radius 2 is 2.22 bits per heavy atom. The fourth-order valence-corrected chi connectivity index (χ4v) is 2.25. The molecule has 0 saturated carbocycles. The molecule has 98 valence electrons. The number of rotatable bonds is 5. The molecule has 0 saturated heterocycles. The summed E-state index contributed by atoms with van der Waals surface area (Å²) < 4.78 is 5.32. The Hall–Kier alpha value is -1.51. The third-order valence-electron chi connectivity index (χ3n) is 3.35. The summed E-state index contributed by atoms with van der Waals surface area (Å²) in [6.45, 7) is 3.39. The van der Waals surface area contributed by atoms with Gasteiger partial charge in [0.15, 0.2) is 0 Å². The number of hydrogen-bond donors (Lipinski definition) is 1. The van der Waals surface area contributed by atoms with E-state index in [4.69, 9.17) is 4.74 Å². The van der Waals surface area contributed by atoms with Crippen LogP contribution < -0.4 is 5.32 Å². The number of esters is 1. The number of ether oxygens (including phenoxy) is 1. The number of anilines is 1. The molecule has 1 unspecified atom stereocenters. The zero-order chi connectivity index (χ0) is 12.8. The Bertz CT molecular complexity index is 403. The normalized spacial score (nSPS) is 17.7. The van der Waals surface area contributed by atoms with Crippen LogP contribution in [0.2, 0.25) is 0 Å². The average Bonchev–Trinajstić information content (AvgIpc) is 2.43. The van der Waals surface area contributed by atoms with Crippen molar-refractivity contribution in [1.82, 2.24) is 0 Å². The molecule has 1 aromatic rings. The van der Waals surface area contributed by atoms with E-state index < -0.39 is 0 Å². The summed E-state index contributed by atoms with van der Waals surface area (Å²) in [7, 11) is 0. The Kier molecular flexibility index (Phi) is 4.62. The van der Waals surface area contributed by atoms with Crippen molar-refractivity contribution in [2.75, 3.05) is 18.5 Å². The standard InChI is InChI=1S/C15H21NO2/c1-2-3-6-9-18-15(17)13-10-12-7-4-5-8-14(12)16-11-13/h4-5,7-8,13,16H,2-3,6,9-11H2,1H3. The molecule has 0 aromatic heterocycles. The maximum absolute atomic E-state index is 11.9. The third-order valence-corrected chi connectivity index (χ3v) is 3.35. The van der Waals surface area contributed by atoms with E-state index in [1.165, 1.54) is 5.56 Å². The van der Waals surface area contributed by atoms with Crippen LogP contribution in [0.15, 0.2) is 24.3 Å². The average molecular weight is 247 g/mol. The van der Waals surface area contributed by atoms with Crippen LogP contribution in [0.5, 0.6) is 0 Å². The highest BCUT2D eigenvalue weighted by Crippen LogP contribution is 2.24. The molecule has 0 aliphatic carbocycles. The molecule has 1 aromatic carbocycles. The summed E-state index contributed by atoms with van der Waals surface area (Å²) in [5, 5.41) is 3.29. The summed E-state index contributed by atoms with van der Waals surface area (Å²) in [6, 6.07) is 8.14. The first-order valence-corrected chi connectivity index (χ1v) is 6.79. The van der Waals surface area contributed by atoms with Gasteiger partial charge in [-0.2, -0.15) is 0 Å². The van der Waals surface area contributed by atoms with Gasteiger partial charge in [-0.05, 0) is 24.5 Å². The van der Waals surface area contributed by atoms with Gasteiger partial charge in [0.25, 0.3) is 0 Å². The van der Waals surface area contributed by atoms with Gasteiger partial charge in [-0.1, -0.05) is 38.0 Å². The first kappa shape index (κ1) is 12.9. The number of benzene rings is 1. The lowest BCUT2D eigenvalue weighted by atomic mass is 9.94. The van der Waals surface area contributed by atoms with Gasteiger partial charge in [0.2, 0.25) is 0 Å². The van der Waals surface area contributed by atoms with E-state index in [9.17, 15) is 4.79 Å². The Balaban J connectivity index is 1.83. The fourth-order valence-electron chi connectivity index (χ4n) is 2.25. The molecule has 1 aliphatic rings. The van der Waals surface area contributed by atoms with Crippen molar-refractivity contribution in [1.29, 1.82) is 0 Å². The lowest BCUT2D eigenvalue weighted by molar-refractivity contribution is -0.148. The molecule has 1 aliphatic heterocycles. The molecule has 1 heterocycles. The van der Waals surface area contributed by atoms with Gasteiger partial charge in [-0.3, -0.25) is 4.79 Å². The van der Waals surface area contributed by atoms with Crippen LogP contribution in [-0.4, -0.2) is 19.1 Å².